The van der Waals surface area contributed by atoms with Crippen LogP contribution in [0, 0.1) is 0 Å². The molecule has 0 amide bonds. The summed E-state index contributed by atoms with van der Waals surface area (Å²) in [6, 6.07) is 26.0. The van der Waals surface area contributed by atoms with Gasteiger partial charge in [0.25, 0.3) is 0 Å². The molecule has 0 aliphatic carbocycles. The first-order chi connectivity index (χ1) is 12.7. The van der Waals surface area contributed by atoms with Crippen molar-refractivity contribution in [2.45, 2.75) is 11.7 Å². The second-order valence-corrected chi connectivity index (χ2v) is 6.08. The molecule has 0 saturated carbocycles. The second-order valence-electron chi connectivity index (χ2n) is 6.08. The van der Waals surface area contributed by atoms with E-state index in [1.807, 2.05) is 72.8 Å². The molecule has 0 radical (unpaired) electrons. The molecule has 2 unspecified atom stereocenters. The van der Waals surface area contributed by atoms with E-state index in [1.54, 1.807) is 19.2 Å². The zero-order chi connectivity index (χ0) is 18.0. The van der Waals surface area contributed by atoms with Gasteiger partial charge in [0.1, 0.15) is 17.6 Å². The molecule has 0 N–H and O–H groups in total. The molecule has 0 aromatic heterocycles. The molecular weight excluding hydrogens is 328 g/mol. The molecule has 4 heteroatoms. The van der Waals surface area contributed by atoms with E-state index in [4.69, 9.17) is 14.2 Å². The standard InChI is InChI=1S/C22H18O4/c1-24-18-14-12-16(13-15-18)20-22(26-20,17-8-4-2-5-9-17)21(23)25-19-10-6-3-7-11-19/h2-15,20H,1H3. The van der Waals surface area contributed by atoms with E-state index in [-0.39, 0.29) is 0 Å². The van der Waals surface area contributed by atoms with E-state index in [0.29, 0.717) is 5.75 Å². The zero-order valence-electron chi connectivity index (χ0n) is 14.3. The maximum absolute atomic E-state index is 13.0. The monoisotopic (exact) mass is 346 g/mol. The van der Waals surface area contributed by atoms with Crippen molar-refractivity contribution in [2.24, 2.45) is 0 Å². The van der Waals surface area contributed by atoms with Gasteiger partial charge in [-0.15, -0.1) is 0 Å². The first-order valence-corrected chi connectivity index (χ1v) is 8.38. The minimum Gasteiger partial charge on any atom is -0.497 e. The molecule has 3 aromatic carbocycles. The van der Waals surface area contributed by atoms with Crippen LogP contribution in [0.25, 0.3) is 0 Å². The van der Waals surface area contributed by atoms with Crippen LogP contribution in [-0.4, -0.2) is 13.1 Å². The molecule has 1 saturated heterocycles. The number of methoxy groups -OCH3 is 1. The highest BCUT2D eigenvalue weighted by Gasteiger charge is 2.66. The van der Waals surface area contributed by atoms with Crippen LogP contribution in [0.5, 0.6) is 11.5 Å². The SMILES string of the molecule is COc1ccc(C2OC2(C(=O)Oc2ccccc2)c2ccccc2)cc1. The van der Waals surface area contributed by atoms with Gasteiger partial charge in [-0.3, -0.25) is 0 Å². The Labute approximate surface area is 152 Å². The number of carbonyl (C=O) groups excluding carboxylic acids is 1. The van der Waals surface area contributed by atoms with E-state index in [9.17, 15) is 4.79 Å². The Morgan fingerprint density at radius 1 is 0.846 bits per heavy atom. The minimum absolute atomic E-state index is 0.396. The maximum atomic E-state index is 13.0. The van der Waals surface area contributed by atoms with Gasteiger partial charge in [0.2, 0.25) is 5.60 Å². The number of para-hydroxylation sites is 1. The number of benzene rings is 3. The maximum Gasteiger partial charge on any atom is 0.351 e. The van der Waals surface area contributed by atoms with Crippen LogP contribution < -0.4 is 9.47 Å². The Balaban J connectivity index is 1.67. The van der Waals surface area contributed by atoms with Gasteiger partial charge in [0, 0.05) is 0 Å². The molecule has 26 heavy (non-hydrogen) atoms. The lowest BCUT2D eigenvalue weighted by atomic mass is 9.91. The number of epoxide rings is 1. The average Bonchev–Trinajstić information content (AvgIpc) is 3.47. The van der Waals surface area contributed by atoms with Crippen LogP contribution in [0.15, 0.2) is 84.9 Å². The number of rotatable bonds is 5. The number of carbonyl (C=O) groups is 1. The summed E-state index contributed by atoms with van der Waals surface area (Å²) < 4.78 is 16.8. The number of hydrogen-bond donors (Lipinski definition) is 0. The van der Waals surface area contributed by atoms with Crippen molar-refractivity contribution in [1.82, 2.24) is 0 Å². The summed E-state index contributed by atoms with van der Waals surface area (Å²) in [6.45, 7) is 0. The van der Waals surface area contributed by atoms with Crippen molar-refractivity contribution < 1.29 is 19.0 Å². The molecule has 3 aromatic rings. The van der Waals surface area contributed by atoms with Gasteiger partial charge in [-0.2, -0.15) is 0 Å². The van der Waals surface area contributed by atoms with Crippen LogP contribution in [0.3, 0.4) is 0 Å². The van der Waals surface area contributed by atoms with Crippen LogP contribution in [0.2, 0.25) is 0 Å². The lowest BCUT2D eigenvalue weighted by Gasteiger charge is -2.13. The van der Waals surface area contributed by atoms with Gasteiger partial charge in [-0.25, -0.2) is 4.79 Å². The normalized spacial score (nSPS) is 21.0. The molecule has 1 aliphatic rings. The van der Waals surface area contributed by atoms with Crippen molar-refractivity contribution >= 4 is 5.97 Å². The number of ether oxygens (including phenoxy) is 3. The van der Waals surface area contributed by atoms with E-state index in [0.717, 1.165) is 16.9 Å². The van der Waals surface area contributed by atoms with E-state index >= 15 is 0 Å². The van der Waals surface area contributed by atoms with Crippen LogP contribution in [-0.2, 0) is 15.1 Å². The summed E-state index contributed by atoms with van der Waals surface area (Å²) >= 11 is 0. The van der Waals surface area contributed by atoms with E-state index in [1.165, 1.54) is 0 Å². The Bertz CT molecular complexity index is 890. The molecule has 0 spiro atoms. The Morgan fingerprint density at radius 2 is 1.46 bits per heavy atom. The van der Waals surface area contributed by atoms with Crippen LogP contribution in [0.4, 0.5) is 0 Å². The quantitative estimate of drug-likeness (QED) is 0.393. The first-order valence-electron chi connectivity index (χ1n) is 8.38. The summed E-state index contributed by atoms with van der Waals surface area (Å²) in [5, 5.41) is 0. The molecule has 130 valence electrons. The van der Waals surface area contributed by atoms with E-state index in [2.05, 4.69) is 0 Å². The van der Waals surface area contributed by atoms with Crippen LogP contribution in [0.1, 0.15) is 17.2 Å². The lowest BCUT2D eigenvalue weighted by Crippen LogP contribution is -2.28. The summed E-state index contributed by atoms with van der Waals surface area (Å²) in [5.74, 6) is 0.832. The van der Waals surface area contributed by atoms with Gasteiger partial charge >= 0.3 is 5.97 Å². The number of hydrogen-bond acceptors (Lipinski definition) is 4. The first kappa shape index (κ1) is 16.4. The predicted molar refractivity (Wildman–Crippen MR) is 97.0 cm³/mol. The largest absolute Gasteiger partial charge is 0.497 e. The van der Waals surface area contributed by atoms with Crippen molar-refractivity contribution in [1.29, 1.82) is 0 Å². The molecule has 1 aliphatic heterocycles. The fourth-order valence-corrected chi connectivity index (χ4v) is 3.08. The highest BCUT2D eigenvalue weighted by atomic mass is 16.7. The lowest BCUT2D eigenvalue weighted by molar-refractivity contribution is -0.140. The fourth-order valence-electron chi connectivity index (χ4n) is 3.08. The Hall–Kier alpha value is -3.11. The second kappa shape index (κ2) is 6.65. The van der Waals surface area contributed by atoms with Crippen LogP contribution >= 0.6 is 0 Å². The number of esters is 1. The summed E-state index contributed by atoms with van der Waals surface area (Å²) in [7, 11) is 1.62. The van der Waals surface area contributed by atoms with Crippen molar-refractivity contribution in [3.63, 3.8) is 0 Å². The van der Waals surface area contributed by atoms with Crippen molar-refractivity contribution in [3.05, 3.63) is 96.1 Å². The minimum atomic E-state index is -1.13. The van der Waals surface area contributed by atoms with Gasteiger partial charge in [0.15, 0.2) is 0 Å². The molecule has 1 fully saturated rings. The summed E-state index contributed by atoms with van der Waals surface area (Å²) in [5.41, 5.74) is 0.549. The third-order valence-corrected chi connectivity index (χ3v) is 4.49. The third kappa shape index (κ3) is 2.85. The van der Waals surface area contributed by atoms with E-state index < -0.39 is 17.7 Å². The van der Waals surface area contributed by atoms with Gasteiger partial charge in [0.05, 0.1) is 7.11 Å². The smallest absolute Gasteiger partial charge is 0.351 e. The highest BCUT2D eigenvalue weighted by molar-refractivity contribution is 5.87. The molecule has 1 heterocycles. The molecule has 4 rings (SSSR count). The molecule has 0 bridgehead atoms. The molecule has 4 nitrogen and oxygen atoms in total. The summed E-state index contributed by atoms with van der Waals surface area (Å²) in [4.78, 5) is 13.0. The van der Waals surface area contributed by atoms with Crippen molar-refractivity contribution in [3.8, 4) is 11.5 Å². The Kier molecular flexibility index (Phi) is 4.19. The Morgan fingerprint density at radius 3 is 2.08 bits per heavy atom. The fraction of sp³-hybridized carbons (Fsp3) is 0.136. The summed E-state index contributed by atoms with van der Waals surface area (Å²) in [6.07, 6.45) is -0.396. The van der Waals surface area contributed by atoms with Gasteiger partial charge in [-0.1, -0.05) is 60.7 Å². The van der Waals surface area contributed by atoms with Gasteiger partial charge in [-0.05, 0) is 35.4 Å². The molecule has 2 atom stereocenters. The predicted octanol–water partition coefficient (Wildman–Crippen LogP) is 4.27. The van der Waals surface area contributed by atoms with Crippen molar-refractivity contribution in [2.75, 3.05) is 7.11 Å². The van der Waals surface area contributed by atoms with Gasteiger partial charge < -0.3 is 14.2 Å². The third-order valence-electron chi connectivity index (χ3n) is 4.49. The average molecular weight is 346 g/mol. The molecular formula is C22H18O4. The zero-order valence-corrected chi connectivity index (χ0v) is 14.3. The topological polar surface area (TPSA) is 48.1 Å². The highest BCUT2D eigenvalue weighted by Crippen LogP contribution is 2.57.